The van der Waals surface area contributed by atoms with E-state index in [4.69, 9.17) is 17.3 Å². The maximum Gasteiger partial charge on any atom is 0.142 e. The molecule has 2 rings (SSSR count). The number of halogens is 2. The van der Waals surface area contributed by atoms with Crippen molar-refractivity contribution in [1.29, 1.82) is 0 Å². The summed E-state index contributed by atoms with van der Waals surface area (Å²) in [5.41, 5.74) is 6.59. The van der Waals surface area contributed by atoms with Crippen molar-refractivity contribution in [1.82, 2.24) is 0 Å². The summed E-state index contributed by atoms with van der Waals surface area (Å²) in [5.74, 6) is -0.00923. The molecule has 0 aliphatic heterocycles. The molecule has 1 aromatic rings. The van der Waals surface area contributed by atoms with E-state index in [-0.39, 0.29) is 16.9 Å². The summed E-state index contributed by atoms with van der Waals surface area (Å²) in [4.78, 5) is 0. The highest BCUT2D eigenvalue weighted by molar-refractivity contribution is 6.30. The van der Waals surface area contributed by atoms with Crippen molar-refractivity contribution >= 4 is 11.6 Å². The zero-order chi connectivity index (χ0) is 8.72. The molecule has 1 aliphatic carbocycles. The first kappa shape index (κ1) is 8.02. The van der Waals surface area contributed by atoms with Crippen LogP contribution in [0.3, 0.4) is 0 Å². The van der Waals surface area contributed by atoms with Gasteiger partial charge >= 0.3 is 0 Å². The van der Waals surface area contributed by atoms with Crippen molar-refractivity contribution < 1.29 is 4.39 Å². The fourth-order valence-corrected chi connectivity index (χ4v) is 1.46. The van der Waals surface area contributed by atoms with Crippen LogP contribution < -0.4 is 5.73 Å². The molecule has 64 valence electrons. The van der Waals surface area contributed by atoms with Crippen molar-refractivity contribution in [3.8, 4) is 0 Å². The van der Waals surface area contributed by atoms with Gasteiger partial charge in [-0.1, -0.05) is 17.7 Å². The first-order valence-electron chi connectivity index (χ1n) is 3.89. The molecule has 1 nitrogen and oxygen atoms in total. The van der Waals surface area contributed by atoms with Gasteiger partial charge in [0.2, 0.25) is 0 Å². The summed E-state index contributed by atoms with van der Waals surface area (Å²) in [6, 6.07) is 5.10. The number of benzene rings is 1. The maximum atomic E-state index is 12.9. The molecule has 1 aromatic carbocycles. The zero-order valence-corrected chi connectivity index (χ0v) is 7.18. The van der Waals surface area contributed by atoms with E-state index in [2.05, 4.69) is 0 Å². The molecule has 0 spiro atoms. The Labute approximate surface area is 75.3 Å². The lowest BCUT2D eigenvalue weighted by Gasteiger charge is -1.99. The topological polar surface area (TPSA) is 26.0 Å². The molecule has 0 amide bonds. The second kappa shape index (κ2) is 2.71. The molecule has 2 N–H and O–H groups in total. The first-order valence-corrected chi connectivity index (χ1v) is 4.27. The van der Waals surface area contributed by atoms with Crippen LogP contribution in [0, 0.1) is 5.82 Å². The molecule has 3 heteroatoms. The largest absolute Gasteiger partial charge is 0.327 e. The fourth-order valence-electron chi connectivity index (χ4n) is 1.34. The van der Waals surface area contributed by atoms with Crippen LogP contribution in [-0.4, -0.2) is 6.04 Å². The van der Waals surface area contributed by atoms with Crippen LogP contribution in [0.4, 0.5) is 4.39 Å². The molecule has 2 atom stereocenters. The average molecular weight is 186 g/mol. The standard InChI is InChI=1S/C9H9ClFN/c10-7-2-1-5(3-8(7)11)6-4-9(6)12/h1-3,6,9H,4,12H2. The van der Waals surface area contributed by atoms with Crippen molar-refractivity contribution in [2.45, 2.75) is 18.4 Å². The molecule has 1 saturated carbocycles. The average Bonchev–Trinajstić information content (AvgIpc) is 2.73. The molecule has 1 fully saturated rings. The van der Waals surface area contributed by atoms with Crippen LogP contribution in [0.1, 0.15) is 17.9 Å². The molecule has 2 unspecified atom stereocenters. The number of hydrogen-bond acceptors (Lipinski definition) is 1. The van der Waals surface area contributed by atoms with Gasteiger partial charge in [-0.25, -0.2) is 4.39 Å². The van der Waals surface area contributed by atoms with Gasteiger partial charge in [0.25, 0.3) is 0 Å². The second-order valence-corrected chi connectivity index (χ2v) is 3.59. The lowest BCUT2D eigenvalue weighted by molar-refractivity contribution is 0.625. The van der Waals surface area contributed by atoms with E-state index in [0.29, 0.717) is 5.92 Å². The SMILES string of the molecule is NC1CC1c1ccc(Cl)c(F)c1. The van der Waals surface area contributed by atoms with Crippen molar-refractivity contribution in [3.63, 3.8) is 0 Å². The van der Waals surface area contributed by atoms with E-state index in [1.165, 1.54) is 6.07 Å². The van der Waals surface area contributed by atoms with Crippen LogP contribution in [0.25, 0.3) is 0 Å². The number of rotatable bonds is 1. The minimum atomic E-state index is -0.353. The van der Waals surface area contributed by atoms with E-state index in [1.807, 2.05) is 6.07 Å². The van der Waals surface area contributed by atoms with Gasteiger partial charge in [0.1, 0.15) is 5.82 Å². The van der Waals surface area contributed by atoms with Crippen molar-refractivity contribution in [3.05, 3.63) is 34.6 Å². The highest BCUT2D eigenvalue weighted by Gasteiger charge is 2.34. The van der Waals surface area contributed by atoms with Gasteiger partial charge in [-0.2, -0.15) is 0 Å². The predicted molar refractivity (Wildman–Crippen MR) is 46.7 cm³/mol. The van der Waals surface area contributed by atoms with Gasteiger partial charge in [-0.3, -0.25) is 0 Å². The minimum Gasteiger partial charge on any atom is -0.327 e. The molecular formula is C9H9ClFN. The monoisotopic (exact) mass is 185 g/mol. The van der Waals surface area contributed by atoms with E-state index in [0.717, 1.165) is 12.0 Å². The third kappa shape index (κ3) is 1.32. The van der Waals surface area contributed by atoms with Gasteiger partial charge in [-0.05, 0) is 24.1 Å². The number of hydrogen-bond donors (Lipinski definition) is 1. The van der Waals surface area contributed by atoms with Gasteiger partial charge in [0.05, 0.1) is 5.02 Å². The Hall–Kier alpha value is -0.600. The van der Waals surface area contributed by atoms with Crippen LogP contribution in [0.5, 0.6) is 0 Å². The lowest BCUT2D eigenvalue weighted by atomic mass is 10.1. The van der Waals surface area contributed by atoms with Crippen LogP contribution in [-0.2, 0) is 0 Å². The predicted octanol–water partition coefficient (Wildman–Crippen LogP) is 2.29. The third-order valence-corrected chi connectivity index (χ3v) is 2.52. The quantitative estimate of drug-likeness (QED) is 0.714. The Bertz CT molecular complexity index is 313. The summed E-state index contributed by atoms with van der Waals surface area (Å²) in [6.45, 7) is 0. The Kier molecular flexibility index (Phi) is 1.81. The van der Waals surface area contributed by atoms with Crippen LogP contribution >= 0.6 is 11.6 Å². The molecule has 12 heavy (non-hydrogen) atoms. The molecule has 0 saturated heterocycles. The van der Waals surface area contributed by atoms with Crippen molar-refractivity contribution in [2.75, 3.05) is 0 Å². The highest BCUT2D eigenvalue weighted by atomic mass is 35.5. The molecule has 0 radical (unpaired) electrons. The molecular weight excluding hydrogens is 177 g/mol. The summed E-state index contributed by atoms with van der Waals surface area (Å²) < 4.78 is 12.9. The first-order chi connectivity index (χ1) is 5.68. The van der Waals surface area contributed by atoms with Crippen LogP contribution in [0.15, 0.2) is 18.2 Å². The maximum absolute atomic E-state index is 12.9. The van der Waals surface area contributed by atoms with E-state index in [1.54, 1.807) is 6.07 Å². The number of nitrogens with two attached hydrogens (primary N) is 1. The highest BCUT2D eigenvalue weighted by Crippen LogP contribution is 2.39. The molecule has 0 bridgehead atoms. The van der Waals surface area contributed by atoms with E-state index in [9.17, 15) is 4.39 Å². The summed E-state index contributed by atoms with van der Waals surface area (Å²) in [7, 11) is 0. The van der Waals surface area contributed by atoms with Gasteiger partial charge in [0, 0.05) is 12.0 Å². The molecule has 0 aromatic heterocycles. The third-order valence-electron chi connectivity index (χ3n) is 2.21. The van der Waals surface area contributed by atoms with E-state index < -0.39 is 0 Å². The zero-order valence-electron chi connectivity index (χ0n) is 6.43. The normalized spacial score (nSPS) is 27.2. The lowest BCUT2D eigenvalue weighted by Crippen LogP contribution is -2.01. The molecule has 0 heterocycles. The Balaban J connectivity index is 2.29. The Morgan fingerprint density at radius 3 is 2.67 bits per heavy atom. The summed E-state index contributed by atoms with van der Waals surface area (Å²) >= 11 is 5.54. The smallest absolute Gasteiger partial charge is 0.142 e. The van der Waals surface area contributed by atoms with Gasteiger partial charge < -0.3 is 5.73 Å². The van der Waals surface area contributed by atoms with Gasteiger partial charge in [0.15, 0.2) is 0 Å². The molecule has 1 aliphatic rings. The summed E-state index contributed by atoms with van der Waals surface area (Å²) in [6.07, 6.45) is 0.959. The fraction of sp³-hybridized carbons (Fsp3) is 0.333. The van der Waals surface area contributed by atoms with E-state index >= 15 is 0 Å². The summed E-state index contributed by atoms with van der Waals surface area (Å²) in [5, 5.41) is 0.174. The Morgan fingerprint density at radius 1 is 1.50 bits per heavy atom. The second-order valence-electron chi connectivity index (χ2n) is 3.18. The van der Waals surface area contributed by atoms with Gasteiger partial charge in [-0.15, -0.1) is 0 Å². The van der Waals surface area contributed by atoms with Crippen LogP contribution in [0.2, 0.25) is 5.02 Å². The van der Waals surface area contributed by atoms with Crippen molar-refractivity contribution in [2.24, 2.45) is 5.73 Å². The minimum absolute atomic E-state index is 0.174. The Morgan fingerprint density at radius 2 is 2.17 bits per heavy atom.